The lowest BCUT2D eigenvalue weighted by atomic mass is 10.0. The van der Waals surface area contributed by atoms with Gasteiger partial charge in [0.05, 0.1) is 17.3 Å². The molecule has 1 saturated heterocycles. The van der Waals surface area contributed by atoms with E-state index in [2.05, 4.69) is 15.2 Å². The maximum Gasteiger partial charge on any atom is 0.358 e. The minimum atomic E-state index is -1.08. The van der Waals surface area contributed by atoms with E-state index in [4.69, 9.17) is 16.7 Å². The summed E-state index contributed by atoms with van der Waals surface area (Å²) in [5.41, 5.74) is 0.805. The SMILES string of the molecule is O=C(O)c1cn(C2CCCN(Cc3ccc(Cl)c(F)c3)C2)nn1. The van der Waals surface area contributed by atoms with Crippen molar-refractivity contribution in [2.24, 2.45) is 0 Å². The quantitative estimate of drug-likeness (QED) is 0.927. The number of likely N-dealkylation sites (tertiary alicyclic amines) is 1. The van der Waals surface area contributed by atoms with Crippen LogP contribution in [-0.2, 0) is 6.54 Å². The van der Waals surface area contributed by atoms with E-state index in [1.165, 1.54) is 12.3 Å². The van der Waals surface area contributed by atoms with Crippen molar-refractivity contribution in [3.05, 3.63) is 46.5 Å². The van der Waals surface area contributed by atoms with Crippen LogP contribution in [0, 0.1) is 5.82 Å². The van der Waals surface area contributed by atoms with E-state index in [1.807, 2.05) is 6.07 Å². The number of halogens is 2. The largest absolute Gasteiger partial charge is 0.476 e. The first kappa shape index (κ1) is 15.9. The van der Waals surface area contributed by atoms with Crippen LogP contribution in [0.15, 0.2) is 24.4 Å². The summed E-state index contributed by atoms with van der Waals surface area (Å²) in [5, 5.41) is 16.6. The van der Waals surface area contributed by atoms with Crippen molar-refractivity contribution in [1.82, 2.24) is 19.9 Å². The molecule has 0 bridgehead atoms. The van der Waals surface area contributed by atoms with Crippen molar-refractivity contribution in [3.8, 4) is 0 Å². The van der Waals surface area contributed by atoms with Crippen LogP contribution >= 0.6 is 11.6 Å². The fraction of sp³-hybridized carbons (Fsp3) is 0.400. The van der Waals surface area contributed by atoms with Crippen LogP contribution < -0.4 is 0 Å². The molecule has 0 radical (unpaired) electrons. The number of carboxylic acid groups (broad SMARTS) is 1. The highest BCUT2D eigenvalue weighted by Crippen LogP contribution is 2.23. The molecule has 23 heavy (non-hydrogen) atoms. The van der Waals surface area contributed by atoms with E-state index in [0.29, 0.717) is 13.1 Å². The van der Waals surface area contributed by atoms with Gasteiger partial charge in [-0.2, -0.15) is 0 Å². The molecule has 1 aromatic carbocycles. The molecule has 0 aliphatic carbocycles. The first-order valence-electron chi connectivity index (χ1n) is 7.34. The average molecular weight is 339 g/mol. The lowest BCUT2D eigenvalue weighted by Crippen LogP contribution is -2.36. The Morgan fingerprint density at radius 1 is 1.48 bits per heavy atom. The molecule has 1 fully saturated rings. The second kappa shape index (κ2) is 6.64. The van der Waals surface area contributed by atoms with Gasteiger partial charge >= 0.3 is 5.97 Å². The van der Waals surface area contributed by atoms with Crippen LogP contribution in [-0.4, -0.2) is 44.1 Å². The molecular formula is C15H16ClFN4O2. The zero-order chi connectivity index (χ0) is 16.4. The van der Waals surface area contributed by atoms with Crippen molar-refractivity contribution in [1.29, 1.82) is 0 Å². The van der Waals surface area contributed by atoms with E-state index < -0.39 is 11.8 Å². The second-order valence-corrected chi connectivity index (χ2v) is 6.08. The molecule has 1 aromatic heterocycles. The molecule has 8 heteroatoms. The number of carbonyl (C=O) groups is 1. The smallest absolute Gasteiger partial charge is 0.358 e. The summed E-state index contributed by atoms with van der Waals surface area (Å²) in [6.45, 7) is 2.24. The Morgan fingerprint density at radius 3 is 3.00 bits per heavy atom. The average Bonchev–Trinajstić information content (AvgIpc) is 3.01. The molecular weight excluding hydrogens is 323 g/mol. The highest BCUT2D eigenvalue weighted by atomic mass is 35.5. The number of hydrogen-bond acceptors (Lipinski definition) is 4. The van der Waals surface area contributed by atoms with Crippen molar-refractivity contribution >= 4 is 17.6 Å². The molecule has 1 unspecified atom stereocenters. The number of aromatic nitrogens is 3. The third kappa shape index (κ3) is 3.68. The summed E-state index contributed by atoms with van der Waals surface area (Å²) in [6.07, 6.45) is 3.33. The lowest BCUT2D eigenvalue weighted by Gasteiger charge is -2.32. The summed E-state index contributed by atoms with van der Waals surface area (Å²) in [4.78, 5) is 13.1. The van der Waals surface area contributed by atoms with Gasteiger partial charge in [0, 0.05) is 13.1 Å². The molecule has 1 N–H and O–H groups in total. The molecule has 3 rings (SSSR count). The van der Waals surface area contributed by atoms with Crippen LogP contribution in [0.5, 0.6) is 0 Å². The fourth-order valence-corrected chi connectivity index (χ4v) is 2.96. The van der Waals surface area contributed by atoms with Gasteiger partial charge in [0.1, 0.15) is 5.82 Å². The van der Waals surface area contributed by atoms with Gasteiger partial charge in [-0.3, -0.25) is 4.90 Å². The van der Waals surface area contributed by atoms with Gasteiger partial charge in [-0.05, 0) is 37.1 Å². The summed E-state index contributed by atoms with van der Waals surface area (Å²) in [7, 11) is 0. The van der Waals surface area contributed by atoms with Crippen LogP contribution in [0.3, 0.4) is 0 Å². The number of hydrogen-bond donors (Lipinski definition) is 1. The van der Waals surface area contributed by atoms with Crippen molar-refractivity contribution in [2.45, 2.75) is 25.4 Å². The third-order valence-corrected chi connectivity index (χ3v) is 4.28. The molecule has 0 spiro atoms. The zero-order valence-electron chi connectivity index (χ0n) is 12.3. The third-order valence-electron chi connectivity index (χ3n) is 3.97. The monoisotopic (exact) mass is 338 g/mol. The van der Waals surface area contributed by atoms with Gasteiger partial charge < -0.3 is 5.11 Å². The standard InChI is InChI=1S/C15H16ClFN4O2/c16-12-4-3-10(6-13(12)17)7-20-5-1-2-11(8-20)21-9-14(15(22)23)18-19-21/h3-4,6,9,11H,1-2,5,7-8H2,(H,22,23). The van der Waals surface area contributed by atoms with Crippen LogP contribution in [0.4, 0.5) is 4.39 Å². The maximum atomic E-state index is 13.5. The van der Waals surface area contributed by atoms with Crippen LogP contribution in [0.25, 0.3) is 0 Å². The lowest BCUT2D eigenvalue weighted by molar-refractivity contribution is 0.0690. The molecule has 0 amide bonds. The summed E-state index contributed by atoms with van der Waals surface area (Å²) >= 11 is 5.70. The zero-order valence-corrected chi connectivity index (χ0v) is 13.1. The summed E-state index contributed by atoms with van der Waals surface area (Å²) in [6, 6.07) is 4.89. The Balaban J connectivity index is 1.67. The predicted octanol–water partition coefficient (Wildman–Crippen LogP) is 2.61. The highest BCUT2D eigenvalue weighted by molar-refractivity contribution is 6.30. The number of piperidine rings is 1. The second-order valence-electron chi connectivity index (χ2n) is 5.67. The highest BCUT2D eigenvalue weighted by Gasteiger charge is 2.23. The fourth-order valence-electron chi connectivity index (χ4n) is 2.84. The van der Waals surface area contributed by atoms with Crippen LogP contribution in [0.2, 0.25) is 5.02 Å². The number of rotatable bonds is 4. The van der Waals surface area contributed by atoms with E-state index in [1.54, 1.807) is 10.7 Å². The molecule has 122 valence electrons. The molecule has 1 aliphatic heterocycles. The van der Waals surface area contributed by atoms with E-state index >= 15 is 0 Å². The van der Waals surface area contributed by atoms with Crippen LogP contribution in [0.1, 0.15) is 34.9 Å². The van der Waals surface area contributed by atoms with Gasteiger partial charge in [-0.15, -0.1) is 5.10 Å². The van der Waals surface area contributed by atoms with Crippen molar-refractivity contribution in [3.63, 3.8) is 0 Å². The number of nitrogens with zero attached hydrogens (tertiary/aromatic N) is 4. The summed E-state index contributed by atoms with van der Waals surface area (Å²) < 4.78 is 15.1. The molecule has 1 atom stereocenters. The molecule has 2 heterocycles. The van der Waals surface area contributed by atoms with Gasteiger partial charge in [0.15, 0.2) is 5.69 Å². The first-order valence-corrected chi connectivity index (χ1v) is 7.72. The molecule has 6 nitrogen and oxygen atoms in total. The van der Waals surface area contributed by atoms with Gasteiger partial charge in [0.2, 0.25) is 0 Å². The Morgan fingerprint density at radius 2 is 2.30 bits per heavy atom. The Hall–Kier alpha value is -1.99. The minimum absolute atomic E-state index is 0.0538. The normalized spacial score (nSPS) is 19.0. The van der Waals surface area contributed by atoms with Crippen molar-refractivity contribution in [2.75, 3.05) is 13.1 Å². The Bertz CT molecular complexity index is 721. The Labute approximate surface area is 137 Å². The molecule has 0 saturated carbocycles. The number of benzene rings is 1. The van der Waals surface area contributed by atoms with E-state index in [0.717, 1.165) is 24.9 Å². The maximum absolute atomic E-state index is 13.5. The summed E-state index contributed by atoms with van der Waals surface area (Å²) in [5.74, 6) is -1.50. The number of aromatic carboxylic acids is 1. The van der Waals surface area contributed by atoms with Crippen molar-refractivity contribution < 1.29 is 14.3 Å². The first-order chi connectivity index (χ1) is 11.0. The number of carboxylic acids is 1. The van der Waals surface area contributed by atoms with E-state index in [-0.39, 0.29) is 16.8 Å². The van der Waals surface area contributed by atoms with Gasteiger partial charge in [-0.25, -0.2) is 13.9 Å². The molecule has 2 aromatic rings. The van der Waals surface area contributed by atoms with Gasteiger partial charge in [-0.1, -0.05) is 22.9 Å². The minimum Gasteiger partial charge on any atom is -0.476 e. The Kier molecular flexibility index (Phi) is 4.58. The predicted molar refractivity (Wildman–Crippen MR) is 81.9 cm³/mol. The molecule has 1 aliphatic rings. The topological polar surface area (TPSA) is 71.2 Å². The van der Waals surface area contributed by atoms with E-state index in [9.17, 15) is 9.18 Å². The van der Waals surface area contributed by atoms with Gasteiger partial charge in [0.25, 0.3) is 0 Å².